The first-order valence-corrected chi connectivity index (χ1v) is 7.04. The van der Waals surface area contributed by atoms with Crippen LogP contribution in [0.5, 0.6) is 0 Å². The molecule has 0 saturated heterocycles. The van der Waals surface area contributed by atoms with Crippen LogP contribution >= 0.6 is 0 Å². The maximum Gasteiger partial charge on any atom is 0.262 e. The lowest BCUT2D eigenvalue weighted by Crippen LogP contribution is -2.26. The minimum Gasteiger partial charge on any atom is -0.279 e. The molecule has 0 radical (unpaired) electrons. The Morgan fingerprint density at radius 3 is 2.28 bits per heavy atom. The van der Waals surface area contributed by atoms with Crippen LogP contribution in [0.25, 0.3) is 11.8 Å². The average Bonchev–Trinajstić information content (AvgIpc) is 2.39. The van der Waals surface area contributed by atoms with E-state index in [0.29, 0.717) is 10.6 Å². The van der Waals surface area contributed by atoms with Gasteiger partial charge in [0.15, 0.2) is 0 Å². The molecule has 0 bridgehead atoms. The molecule has 0 aromatic heterocycles. The Bertz CT molecular complexity index is 718. The summed E-state index contributed by atoms with van der Waals surface area (Å²) in [6, 6.07) is 16.4. The highest BCUT2D eigenvalue weighted by Crippen LogP contribution is 2.27. The molecule has 1 aliphatic heterocycles. The van der Waals surface area contributed by atoms with Crippen molar-refractivity contribution in [1.82, 2.24) is 4.72 Å². The predicted octanol–water partition coefficient (Wildman–Crippen LogP) is 2.48. The van der Waals surface area contributed by atoms with Gasteiger partial charge in [0.05, 0.1) is 10.6 Å². The minimum atomic E-state index is -3.46. The molecule has 0 spiro atoms. The maximum atomic E-state index is 12.1. The Hall–Kier alpha value is -2.07. The summed E-state index contributed by atoms with van der Waals surface area (Å²) in [6.07, 6.45) is 1.85. The van der Waals surface area contributed by atoms with Crippen molar-refractivity contribution in [1.29, 1.82) is 0 Å². The second kappa shape index (κ2) is 3.99. The van der Waals surface area contributed by atoms with Gasteiger partial charge >= 0.3 is 0 Å². The molecule has 0 saturated carbocycles. The first kappa shape index (κ1) is 11.0. The lowest BCUT2D eigenvalue weighted by molar-refractivity contribution is 0.591. The topological polar surface area (TPSA) is 46.2 Å². The minimum absolute atomic E-state index is 0.324. The van der Waals surface area contributed by atoms with Crippen molar-refractivity contribution < 1.29 is 8.42 Å². The van der Waals surface area contributed by atoms with Crippen LogP contribution in [-0.4, -0.2) is 8.42 Å². The number of hydrogen-bond donors (Lipinski definition) is 1. The van der Waals surface area contributed by atoms with Gasteiger partial charge < -0.3 is 0 Å². The Labute approximate surface area is 106 Å². The highest BCUT2D eigenvalue weighted by atomic mass is 32.2. The lowest BCUT2D eigenvalue weighted by Gasteiger charge is -2.19. The van der Waals surface area contributed by atoms with Crippen LogP contribution in [0, 0.1) is 0 Å². The number of nitrogens with one attached hydrogen (secondary N) is 1. The quantitative estimate of drug-likeness (QED) is 0.853. The van der Waals surface area contributed by atoms with Crippen LogP contribution < -0.4 is 4.72 Å². The average molecular weight is 257 g/mol. The van der Waals surface area contributed by atoms with Gasteiger partial charge in [0, 0.05) is 0 Å². The van der Waals surface area contributed by atoms with E-state index < -0.39 is 10.0 Å². The second-order valence-corrected chi connectivity index (χ2v) is 5.72. The van der Waals surface area contributed by atoms with Crippen molar-refractivity contribution in [3.63, 3.8) is 0 Å². The zero-order chi connectivity index (χ0) is 12.6. The largest absolute Gasteiger partial charge is 0.279 e. The summed E-state index contributed by atoms with van der Waals surface area (Å²) in [7, 11) is -3.46. The zero-order valence-electron chi connectivity index (χ0n) is 9.50. The fourth-order valence-electron chi connectivity index (χ4n) is 1.99. The molecular weight excluding hydrogens is 246 g/mol. The molecule has 0 atom stereocenters. The zero-order valence-corrected chi connectivity index (χ0v) is 10.3. The molecule has 3 rings (SSSR count). The molecule has 0 amide bonds. The third-order valence-corrected chi connectivity index (χ3v) is 4.28. The van der Waals surface area contributed by atoms with E-state index in [0.717, 1.165) is 11.1 Å². The van der Waals surface area contributed by atoms with Crippen LogP contribution in [0.15, 0.2) is 59.5 Å². The lowest BCUT2D eigenvalue weighted by atomic mass is 10.1. The summed E-state index contributed by atoms with van der Waals surface area (Å²) in [5.41, 5.74) is 2.18. The van der Waals surface area contributed by atoms with Crippen molar-refractivity contribution >= 4 is 21.8 Å². The molecule has 0 aliphatic carbocycles. The molecule has 18 heavy (non-hydrogen) atoms. The van der Waals surface area contributed by atoms with Gasteiger partial charge in [-0.3, -0.25) is 4.72 Å². The fourth-order valence-corrected chi connectivity index (χ4v) is 3.26. The molecule has 0 unspecified atom stereocenters. The van der Waals surface area contributed by atoms with Crippen LogP contribution in [-0.2, 0) is 10.0 Å². The number of rotatable bonds is 1. The van der Waals surface area contributed by atoms with Gasteiger partial charge in [0.2, 0.25) is 0 Å². The van der Waals surface area contributed by atoms with Crippen LogP contribution in [0.2, 0.25) is 0 Å². The summed E-state index contributed by atoms with van der Waals surface area (Å²) in [5.74, 6) is 0. The Kier molecular flexibility index (Phi) is 2.45. The molecule has 1 heterocycles. The van der Waals surface area contributed by atoms with E-state index in [9.17, 15) is 8.42 Å². The number of hydrogen-bond acceptors (Lipinski definition) is 2. The van der Waals surface area contributed by atoms with E-state index in [4.69, 9.17) is 0 Å². The molecule has 90 valence electrons. The highest BCUT2D eigenvalue weighted by Gasteiger charge is 2.23. The van der Waals surface area contributed by atoms with Crippen LogP contribution in [0.1, 0.15) is 11.1 Å². The molecular formula is C14H11NO2S. The summed E-state index contributed by atoms with van der Waals surface area (Å²) in [5, 5.41) is 0. The second-order valence-electron chi connectivity index (χ2n) is 4.07. The molecule has 2 aromatic rings. The van der Waals surface area contributed by atoms with Gasteiger partial charge in [0.25, 0.3) is 10.0 Å². The summed E-state index contributed by atoms with van der Waals surface area (Å²) < 4.78 is 26.8. The Morgan fingerprint density at radius 2 is 1.50 bits per heavy atom. The van der Waals surface area contributed by atoms with Crippen molar-refractivity contribution in [3.8, 4) is 0 Å². The molecule has 1 N–H and O–H groups in total. The third-order valence-electron chi connectivity index (χ3n) is 2.84. The number of benzene rings is 2. The first-order valence-electron chi connectivity index (χ1n) is 5.56. The molecule has 3 nitrogen and oxygen atoms in total. The molecule has 1 aliphatic rings. The van der Waals surface area contributed by atoms with Crippen molar-refractivity contribution in [3.05, 3.63) is 65.7 Å². The van der Waals surface area contributed by atoms with Crippen molar-refractivity contribution in [2.45, 2.75) is 4.90 Å². The van der Waals surface area contributed by atoms with E-state index in [1.807, 2.05) is 42.5 Å². The van der Waals surface area contributed by atoms with E-state index in [1.54, 1.807) is 18.2 Å². The Morgan fingerprint density at radius 1 is 0.833 bits per heavy atom. The summed E-state index contributed by atoms with van der Waals surface area (Å²) >= 11 is 0. The van der Waals surface area contributed by atoms with Crippen LogP contribution in [0.3, 0.4) is 0 Å². The van der Waals surface area contributed by atoms with Gasteiger partial charge in [-0.15, -0.1) is 0 Å². The first-order chi connectivity index (χ1) is 8.67. The third kappa shape index (κ3) is 1.80. The number of fused-ring (bicyclic) bond motifs is 1. The van der Waals surface area contributed by atoms with Gasteiger partial charge in [-0.1, -0.05) is 48.5 Å². The SMILES string of the molecule is O=S1(=O)NC(c2ccccc2)=Cc2ccccc21. The smallest absolute Gasteiger partial charge is 0.262 e. The van der Waals surface area contributed by atoms with E-state index in [1.165, 1.54) is 0 Å². The van der Waals surface area contributed by atoms with Gasteiger partial charge in [-0.2, -0.15) is 0 Å². The standard InChI is InChI=1S/C14H11NO2S/c16-18(17)14-9-5-4-8-12(14)10-13(15-18)11-6-2-1-3-7-11/h1-10,15H. The van der Waals surface area contributed by atoms with Crippen molar-refractivity contribution in [2.24, 2.45) is 0 Å². The predicted molar refractivity (Wildman–Crippen MR) is 71.1 cm³/mol. The normalized spacial score (nSPS) is 16.3. The monoisotopic (exact) mass is 257 g/mol. The van der Waals surface area contributed by atoms with E-state index in [-0.39, 0.29) is 0 Å². The maximum absolute atomic E-state index is 12.1. The summed E-state index contributed by atoms with van der Waals surface area (Å²) in [4.78, 5) is 0.324. The van der Waals surface area contributed by atoms with Gasteiger partial charge in [-0.25, -0.2) is 8.42 Å². The molecule has 2 aromatic carbocycles. The Balaban J connectivity index is 2.20. The van der Waals surface area contributed by atoms with Gasteiger partial charge in [-0.05, 0) is 23.3 Å². The van der Waals surface area contributed by atoms with E-state index >= 15 is 0 Å². The number of sulfonamides is 1. The highest BCUT2D eigenvalue weighted by molar-refractivity contribution is 7.90. The van der Waals surface area contributed by atoms with Gasteiger partial charge in [0.1, 0.15) is 0 Å². The van der Waals surface area contributed by atoms with Crippen LogP contribution in [0.4, 0.5) is 0 Å². The fraction of sp³-hybridized carbons (Fsp3) is 0. The molecule has 0 fully saturated rings. The van der Waals surface area contributed by atoms with E-state index in [2.05, 4.69) is 4.72 Å². The molecule has 4 heteroatoms. The summed E-state index contributed by atoms with van der Waals surface area (Å²) in [6.45, 7) is 0. The van der Waals surface area contributed by atoms with Crippen molar-refractivity contribution in [2.75, 3.05) is 0 Å².